The van der Waals surface area contributed by atoms with Crippen LogP contribution in [0.1, 0.15) is 0 Å². The third-order valence-electron chi connectivity index (χ3n) is 7.07. The minimum atomic E-state index is -3.67. The largest absolute Gasteiger partial charge is 0.639 e. The van der Waals surface area contributed by atoms with Crippen molar-refractivity contribution in [1.82, 2.24) is 0 Å². The van der Waals surface area contributed by atoms with Crippen molar-refractivity contribution in [3.05, 3.63) is 111 Å². The van der Waals surface area contributed by atoms with E-state index in [-0.39, 0.29) is 12.1 Å². The van der Waals surface area contributed by atoms with Crippen molar-refractivity contribution >= 4 is 44.9 Å². The molecule has 0 amide bonds. The summed E-state index contributed by atoms with van der Waals surface area (Å²) in [5, 5.41) is -11.6. The van der Waals surface area contributed by atoms with Gasteiger partial charge in [-0.1, -0.05) is 0 Å². The molecule has 0 aliphatic heterocycles. The van der Waals surface area contributed by atoms with Crippen LogP contribution in [0.25, 0.3) is 32.3 Å². The molecule has 6 aromatic carbocycles. The normalized spacial score (nSPS) is 11.9. The molecule has 0 atom stereocenters. The highest BCUT2D eigenvalue weighted by Crippen LogP contribution is 2.48. The van der Waals surface area contributed by atoms with Crippen LogP contribution < -0.4 is 14.8 Å². The van der Waals surface area contributed by atoms with Gasteiger partial charge in [-0.3, -0.25) is 0 Å². The Hall–Kier alpha value is -5.17. The molecule has 0 fully saturated rings. The maximum atomic E-state index is 15.6. The van der Waals surface area contributed by atoms with Gasteiger partial charge in [-0.15, -0.1) is 0 Å². The summed E-state index contributed by atoms with van der Waals surface area (Å²) in [7, 11) is -3.67. The van der Waals surface area contributed by atoms with Gasteiger partial charge in [0.25, 0.3) is 0 Å². The lowest BCUT2D eigenvalue weighted by Gasteiger charge is -2.23. The summed E-state index contributed by atoms with van der Waals surface area (Å²) in [6.07, 6.45) is 0. The van der Waals surface area contributed by atoms with Gasteiger partial charge in [0.15, 0.2) is 98.8 Å². The van der Waals surface area contributed by atoms with E-state index in [0.29, 0.717) is 0 Å². The highest BCUT2D eigenvalue weighted by atomic mass is 19.2. The van der Waals surface area contributed by atoms with E-state index in [1.165, 1.54) is 0 Å². The second-order valence-electron chi connectivity index (χ2n) is 9.66. The molecule has 0 heterocycles. The first-order valence-electron chi connectivity index (χ1n) is 12.3. The van der Waals surface area contributed by atoms with Gasteiger partial charge in [0.2, 0.25) is 0 Å². The van der Waals surface area contributed by atoms with Gasteiger partial charge in [0, 0.05) is 22.9 Å². The van der Waals surface area contributed by atoms with E-state index >= 15 is 22.0 Å². The zero-order valence-electron chi connectivity index (χ0n) is 22.0. The average Bonchev–Trinajstić information content (AvgIpc) is 3.03. The molecule has 0 aromatic heterocycles. The summed E-state index contributed by atoms with van der Waals surface area (Å²) in [6.45, 7) is 0. The summed E-state index contributed by atoms with van der Waals surface area (Å²) >= 11 is 0. The van der Waals surface area contributed by atoms with E-state index in [2.05, 4.69) is 9.31 Å². The lowest BCUT2D eigenvalue weighted by Crippen LogP contribution is -2.48. The summed E-state index contributed by atoms with van der Waals surface area (Å²) in [5.74, 6) is -48.8. The number of benzene rings is 6. The molecular formula is C28H2BF17O2. The monoisotopic (exact) mass is 704 g/mol. The Morgan fingerprint density at radius 3 is 1.21 bits per heavy atom. The molecule has 0 unspecified atom stereocenters. The van der Waals surface area contributed by atoms with Gasteiger partial charge in [0.1, 0.15) is 11.6 Å². The highest BCUT2D eigenvalue weighted by molar-refractivity contribution is 6.63. The second kappa shape index (κ2) is 10.9. The fourth-order valence-electron chi connectivity index (χ4n) is 5.02. The minimum absolute atomic E-state index is 0.139. The third kappa shape index (κ3) is 4.29. The SMILES string of the molecule is Fc1cc(F)c(F)c(OB(Oc2c(F)c(F)c3c(F)c(F)c4c(F)c(F)c(F)c5c(F)c(F)c2c3c45)c2c(F)c(F)c(F)c(F)c2F)c1. The topological polar surface area (TPSA) is 18.5 Å². The molecule has 0 saturated heterocycles. The Morgan fingerprint density at radius 1 is 0.333 bits per heavy atom. The fourth-order valence-corrected chi connectivity index (χ4v) is 5.02. The molecule has 0 aliphatic rings. The van der Waals surface area contributed by atoms with Gasteiger partial charge in [-0.05, 0) is 0 Å². The number of halogens is 17. The van der Waals surface area contributed by atoms with Crippen LogP contribution in [0.15, 0.2) is 12.1 Å². The Balaban J connectivity index is 1.77. The van der Waals surface area contributed by atoms with Crippen molar-refractivity contribution < 1.29 is 83.9 Å². The summed E-state index contributed by atoms with van der Waals surface area (Å²) in [6, 6.07) is -0.292. The van der Waals surface area contributed by atoms with Crippen molar-refractivity contribution in [3.8, 4) is 11.5 Å². The first-order chi connectivity index (χ1) is 22.4. The van der Waals surface area contributed by atoms with Crippen LogP contribution in [0.3, 0.4) is 0 Å². The molecule has 6 rings (SSSR count). The Bertz CT molecular complexity index is 2340. The summed E-state index contributed by atoms with van der Waals surface area (Å²) in [5.41, 5.74) is -2.42. The number of rotatable bonds is 5. The summed E-state index contributed by atoms with van der Waals surface area (Å²) < 4.78 is 258. The third-order valence-corrected chi connectivity index (χ3v) is 7.07. The maximum absolute atomic E-state index is 15.6. The van der Waals surface area contributed by atoms with Crippen LogP contribution in [0.5, 0.6) is 11.5 Å². The number of hydrogen-bond donors (Lipinski definition) is 0. The lowest BCUT2D eigenvalue weighted by molar-refractivity contribution is 0.365. The molecule has 0 bridgehead atoms. The van der Waals surface area contributed by atoms with Crippen molar-refractivity contribution in [2.24, 2.45) is 0 Å². The molecule has 248 valence electrons. The molecule has 0 saturated carbocycles. The van der Waals surface area contributed by atoms with Crippen molar-refractivity contribution in [1.29, 1.82) is 0 Å². The van der Waals surface area contributed by atoms with Crippen LogP contribution in [0.2, 0.25) is 0 Å². The van der Waals surface area contributed by atoms with E-state index < -0.39 is 155 Å². The van der Waals surface area contributed by atoms with Gasteiger partial charge >= 0.3 is 7.12 Å². The van der Waals surface area contributed by atoms with Crippen LogP contribution in [0.4, 0.5) is 74.6 Å². The molecule has 0 aliphatic carbocycles. The van der Waals surface area contributed by atoms with E-state index in [1.807, 2.05) is 0 Å². The minimum Gasteiger partial charge on any atom is -0.519 e. The van der Waals surface area contributed by atoms with E-state index in [0.717, 1.165) is 0 Å². The zero-order valence-corrected chi connectivity index (χ0v) is 22.0. The molecule has 20 heteroatoms. The predicted molar refractivity (Wildman–Crippen MR) is 129 cm³/mol. The molecular weight excluding hydrogens is 702 g/mol. The van der Waals surface area contributed by atoms with E-state index in [9.17, 15) is 52.7 Å². The van der Waals surface area contributed by atoms with Crippen LogP contribution in [-0.4, -0.2) is 7.12 Å². The Kier molecular flexibility index (Phi) is 7.47. The zero-order chi connectivity index (χ0) is 35.4. The quantitative estimate of drug-likeness (QED) is 0.0588. The highest BCUT2D eigenvalue weighted by Gasteiger charge is 2.43. The maximum Gasteiger partial charge on any atom is 0.639 e. The van der Waals surface area contributed by atoms with E-state index in [4.69, 9.17) is 0 Å². The molecule has 48 heavy (non-hydrogen) atoms. The van der Waals surface area contributed by atoms with Crippen molar-refractivity contribution in [2.75, 3.05) is 0 Å². The van der Waals surface area contributed by atoms with Crippen molar-refractivity contribution in [3.63, 3.8) is 0 Å². The van der Waals surface area contributed by atoms with E-state index in [1.54, 1.807) is 0 Å². The molecule has 0 radical (unpaired) electrons. The first-order valence-corrected chi connectivity index (χ1v) is 12.3. The Labute approximate surface area is 252 Å². The van der Waals surface area contributed by atoms with Gasteiger partial charge in [-0.2, -0.15) is 8.78 Å². The van der Waals surface area contributed by atoms with Crippen molar-refractivity contribution in [2.45, 2.75) is 0 Å². The standard InChI is InChI=1S/C28H2BF17O2/c30-3-1-4(31)13(32)5(2-3)47-29(12-21(40)24(43)26(45)25(44)22(12)41)48-28-11-7-6-8(14(33)15(34)10(7)19(38)27(28)46)17(36)23(42)18(37)9(6)16(35)20(11)39/h1-2H. The fraction of sp³-hybridized carbons (Fsp3) is 0. The molecule has 2 nitrogen and oxygen atoms in total. The first kappa shape index (κ1) is 32.8. The Morgan fingerprint density at radius 2 is 0.708 bits per heavy atom. The lowest BCUT2D eigenvalue weighted by atomic mass is 9.77. The predicted octanol–water partition coefficient (Wildman–Crippen LogP) is 8.80. The number of hydrogen-bond acceptors (Lipinski definition) is 2. The second-order valence-corrected chi connectivity index (χ2v) is 9.66. The summed E-state index contributed by atoms with van der Waals surface area (Å²) in [4.78, 5) is 0. The molecule has 0 spiro atoms. The smallest absolute Gasteiger partial charge is 0.519 e. The van der Waals surface area contributed by atoms with Gasteiger partial charge in [-0.25, -0.2) is 65.9 Å². The van der Waals surface area contributed by atoms with Crippen LogP contribution >= 0.6 is 0 Å². The van der Waals surface area contributed by atoms with Crippen LogP contribution in [0, 0.1) is 98.9 Å². The molecule has 6 aromatic rings. The molecule has 0 N–H and O–H groups in total. The average molecular weight is 704 g/mol. The van der Waals surface area contributed by atoms with Crippen LogP contribution in [-0.2, 0) is 0 Å². The van der Waals surface area contributed by atoms with Gasteiger partial charge < -0.3 is 9.31 Å². The van der Waals surface area contributed by atoms with Gasteiger partial charge in [0.05, 0.1) is 27.0 Å².